The number of hydrogen-bond acceptors (Lipinski definition) is 2. The second-order valence-electron chi connectivity index (χ2n) is 6.06. The van der Waals surface area contributed by atoms with Crippen LogP contribution in [0, 0.1) is 0 Å². The molecule has 1 aliphatic rings. The van der Waals surface area contributed by atoms with E-state index in [-0.39, 0.29) is 17.7 Å². The van der Waals surface area contributed by atoms with Crippen molar-refractivity contribution in [2.75, 3.05) is 0 Å². The van der Waals surface area contributed by atoms with Crippen LogP contribution in [0.4, 0.5) is 0 Å². The maximum atomic E-state index is 11.7. The van der Waals surface area contributed by atoms with E-state index in [1.54, 1.807) is 0 Å². The first-order valence-electron chi connectivity index (χ1n) is 8.56. The van der Waals surface area contributed by atoms with Crippen molar-refractivity contribution < 1.29 is 9.59 Å². The Balaban J connectivity index is 1.88. The molecule has 1 atom stereocenters. The van der Waals surface area contributed by atoms with Crippen molar-refractivity contribution >= 4 is 11.7 Å². The largest absolute Gasteiger partial charge is 0.346 e. The third kappa shape index (κ3) is 7.66. The highest BCUT2D eigenvalue weighted by Gasteiger charge is 2.25. The Kier molecular flexibility index (Phi) is 9.35. The van der Waals surface area contributed by atoms with Gasteiger partial charge in [-0.2, -0.15) is 0 Å². The van der Waals surface area contributed by atoms with Crippen LogP contribution in [0.1, 0.15) is 90.4 Å². The van der Waals surface area contributed by atoms with Gasteiger partial charge in [0, 0.05) is 12.8 Å². The van der Waals surface area contributed by atoms with Crippen LogP contribution in [0.15, 0.2) is 0 Å². The Hall–Kier alpha value is -0.860. The van der Waals surface area contributed by atoms with Gasteiger partial charge in [0.1, 0.15) is 0 Å². The summed E-state index contributed by atoms with van der Waals surface area (Å²) in [4.78, 5) is 23.1. The maximum absolute atomic E-state index is 11.7. The van der Waals surface area contributed by atoms with Crippen LogP contribution in [0.3, 0.4) is 0 Å². The van der Waals surface area contributed by atoms with Crippen molar-refractivity contribution in [3.8, 4) is 0 Å². The predicted octanol–water partition coefficient (Wildman–Crippen LogP) is 4.15. The summed E-state index contributed by atoms with van der Waals surface area (Å²) in [6.45, 7) is 2.24. The minimum atomic E-state index is -0.180. The van der Waals surface area contributed by atoms with Crippen LogP contribution >= 0.6 is 0 Å². The first-order chi connectivity index (χ1) is 9.74. The van der Waals surface area contributed by atoms with E-state index in [0.29, 0.717) is 12.8 Å². The molecule has 0 aromatic rings. The van der Waals surface area contributed by atoms with Crippen LogP contribution in [-0.4, -0.2) is 17.7 Å². The molecule has 0 spiro atoms. The molecule has 20 heavy (non-hydrogen) atoms. The molecule has 1 rings (SSSR count). The quantitative estimate of drug-likeness (QED) is 0.578. The highest BCUT2D eigenvalue weighted by atomic mass is 16.2. The van der Waals surface area contributed by atoms with Crippen LogP contribution in [-0.2, 0) is 9.59 Å². The van der Waals surface area contributed by atoms with Crippen molar-refractivity contribution in [1.82, 2.24) is 5.32 Å². The minimum Gasteiger partial charge on any atom is -0.346 e. The van der Waals surface area contributed by atoms with E-state index in [1.165, 1.54) is 44.9 Å². The van der Waals surface area contributed by atoms with E-state index < -0.39 is 0 Å². The van der Waals surface area contributed by atoms with Crippen molar-refractivity contribution in [3.63, 3.8) is 0 Å². The van der Waals surface area contributed by atoms with Crippen LogP contribution in [0.5, 0.6) is 0 Å². The van der Waals surface area contributed by atoms with E-state index in [4.69, 9.17) is 0 Å². The molecule has 1 amide bonds. The maximum Gasteiger partial charge on any atom is 0.220 e. The van der Waals surface area contributed by atoms with E-state index >= 15 is 0 Å². The topological polar surface area (TPSA) is 46.2 Å². The fraction of sp³-hybridized carbons (Fsp3) is 0.882. The molecule has 0 bridgehead atoms. The number of carbonyl (C=O) groups is 2. The molecule has 0 radical (unpaired) electrons. The molecule has 1 saturated carbocycles. The Morgan fingerprint density at radius 2 is 1.65 bits per heavy atom. The van der Waals surface area contributed by atoms with Crippen LogP contribution in [0.2, 0.25) is 0 Å². The molecular weight excluding hydrogens is 250 g/mol. The SMILES string of the molecule is CCCCCCCCCCCC(=O)NC1CCCC1=O. The van der Waals surface area contributed by atoms with Gasteiger partial charge < -0.3 is 5.32 Å². The summed E-state index contributed by atoms with van der Waals surface area (Å²) in [6, 6.07) is -0.180. The zero-order valence-electron chi connectivity index (χ0n) is 13.1. The van der Waals surface area contributed by atoms with Gasteiger partial charge in [0.05, 0.1) is 6.04 Å². The zero-order valence-corrected chi connectivity index (χ0v) is 13.1. The lowest BCUT2D eigenvalue weighted by Crippen LogP contribution is -2.37. The number of unbranched alkanes of at least 4 members (excludes halogenated alkanes) is 8. The molecule has 116 valence electrons. The van der Waals surface area contributed by atoms with E-state index in [1.807, 2.05) is 0 Å². The van der Waals surface area contributed by atoms with Crippen LogP contribution in [0.25, 0.3) is 0 Å². The number of nitrogens with one attached hydrogen (secondary N) is 1. The third-order valence-corrected chi connectivity index (χ3v) is 4.15. The third-order valence-electron chi connectivity index (χ3n) is 4.15. The summed E-state index contributed by atoms with van der Waals surface area (Å²) >= 11 is 0. The lowest BCUT2D eigenvalue weighted by Gasteiger charge is -2.10. The van der Waals surface area contributed by atoms with Crippen LogP contribution < -0.4 is 5.32 Å². The summed E-state index contributed by atoms with van der Waals surface area (Å²) in [5.74, 6) is 0.277. The van der Waals surface area contributed by atoms with E-state index in [9.17, 15) is 9.59 Å². The fourth-order valence-corrected chi connectivity index (χ4v) is 2.83. The molecule has 1 N–H and O–H groups in total. The summed E-state index contributed by atoms with van der Waals surface area (Å²) in [5.41, 5.74) is 0. The predicted molar refractivity (Wildman–Crippen MR) is 82.6 cm³/mol. The average molecular weight is 281 g/mol. The zero-order chi connectivity index (χ0) is 14.6. The van der Waals surface area contributed by atoms with Gasteiger partial charge in [-0.25, -0.2) is 0 Å². The second kappa shape index (κ2) is 10.9. The number of rotatable bonds is 11. The van der Waals surface area contributed by atoms with Crippen molar-refractivity contribution in [2.45, 2.75) is 96.4 Å². The van der Waals surface area contributed by atoms with Crippen molar-refractivity contribution in [3.05, 3.63) is 0 Å². The Morgan fingerprint density at radius 1 is 1.05 bits per heavy atom. The Bertz CT molecular complexity index is 289. The standard InChI is InChI=1S/C17H31NO2/c1-2-3-4-5-6-7-8-9-10-14-17(20)18-15-12-11-13-16(15)19/h15H,2-14H2,1H3,(H,18,20). The van der Waals surface area contributed by atoms with E-state index in [2.05, 4.69) is 12.2 Å². The van der Waals surface area contributed by atoms with Gasteiger partial charge in [0.2, 0.25) is 5.91 Å². The molecule has 1 unspecified atom stereocenters. The summed E-state index contributed by atoms with van der Waals surface area (Å²) < 4.78 is 0. The molecule has 0 aliphatic heterocycles. The molecule has 1 aliphatic carbocycles. The van der Waals surface area contributed by atoms with Gasteiger partial charge in [-0.1, -0.05) is 58.3 Å². The minimum absolute atomic E-state index is 0.0631. The van der Waals surface area contributed by atoms with Gasteiger partial charge in [-0.15, -0.1) is 0 Å². The number of ketones is 1. The molecule has 0 heterocycles. The first-order valence-corrected chi connectivity index (χ1v) is 8.56. The highest BCUT2D eigenvalue weighted by molar-refractivity contribution is 5.90. The number of carbonyl (C=O) groups excluding carboxylic acids is 2. The molecule has 1 fully saturated rings. The smallest absolute Gasteiger partial charge is 0.220 e. The molecule has 3 heteroatoms. The first kappa shape index (κ1) is 17.2. The Labute approximate surface area is 123 Å². The summed E-state index contributed by atoms with van der Waals surface area (Å²) in [7, 11) is 0. The summed E-state index contributed by atoms with van der Waals surface area (Å²) in [6.07, 6.45) is 14.4. The molecule has 0 saturated heterocycles. The Morgan fingerprint density at radius 3 is 2.20 bits per heavy atom. The molecule has 3 nitrogen and oxygen atoms in total. The molecule has 0 aromatic heterocycles. The van der Waals surface area contributed by atoms with Gasteiger partial charge in [0.15, 0.2) is 5.78 Å². The lowest BCUT2D eigenvalue weighted by atomic mass is 10.1. The second-order valence-corrected chi connectivity index (χ2v) is 6.06. The number of hydrogen-bond donors (Lipinski definition) is 1. The summed E-state index contributed by atoms with van der Waals surface area (Å²) in [5, 5.41) is 2.87. The van der Waals surface area contributed by atoms with Gasteiger partial charge in [-0.3, -0.25) is 9.59 Å². The fourth-order valence-electron chi connectivity index (χ4n) is 2.83. The molecule has 0 aromatic carbocycles. The van der Waals surface area contributed by atoms with Crippen molar-refractivity contribution in [2.24, 2.45) is 0 Å². The van der Waals surface area contributed by atoms with Gasteiger partial charge >= 0.3 is 0 Å². The highest BCUT2D eigenvalue weighted by Crippen LogP contribution is 2.15. The normalized spacial score (nSPS) is 18.4. The lowest BCUT2D eigenvalue weighted by molar-refractivity contribution is -0.126. The van der Waals surface area contributed by atoms with Gasteiger partial charge in [0.25, 0.3) is 0 Å². The number of amides is 1. The number of Topliss-reactive ketones (excluding diaryl/α,β-unsaturated/α-hetero) is 1. The average Bonchev–Trinajstić information content (AvgIpc) is 2.82. The van der Waals surface area contributed by atoms with Gasteiger partial charge in [-0.05, 0) is 19.3 Å². The monoisotopic (exact) mass is 281 g/mol. The van der Waals surface area contributed by atoms with E-state index in [0.717, 1.165) is 25.7 Å². The molecular formula is C17H31NO2. The van der Waals surface area contributed by atoms with Crippen molar-refractivity contribution in [1.29, 1.82) is 0 Å².